The van der Waals surface area contributed by atoms with Crippen LogP contribution in [0.3, 0.4) is 0 Å². The van der Waals surface area contributed by atoms with Crippen molar-refractivity contribution in [2.75, 3.05) is 13.2 Å². The lowest BCUT2D eigenvalue weighted by molar-refractivity contribution is -0.177. The van der Waals surface area contributed by atoms with Crippen LogP contribution in [0.25, 0.3) is 0 Å². The van der Waals surface area contributed by atoms with Crippen LogP contribution < -0.4 is 0 Å². The number of ether oxygens (including phenoxy) is 2. The summed E-state index contributed by atoms with van der Waals surface area (Å²) in [5, 5.41) is 10.00. The van der Waals surface area contributed by atoms with Crippen molar-refractivity contribution in [2.24, 2.45) is 5.41 Å². The number of carbonyl (C=O) groups excluding carboxylic acids is 2. The van der Waals surface area contributed by atoms with Crippen molar-refractivity contribution in [2.45, 2.75) is 59.5 Å². The molecule has 0 saturated carbocycles. The molecule has 0 amide bonds. The third kappa shape index (κ3) is 5.19. The van der Waals surface area contributed by atoms with Crippen LogP contribution in [0, 0.1) is 5.41 Å². The predicted molar refractivity (Wildman–Crippen MR) is 71.5 cm³/mol. The Labute approximate surface area is 115 Å². The Kier molecular flexibility index (Phi) is 7.05. The highest BCUT2D eigenvalue weighted by molar-refractivity contribution is 6.00. The molecular weight excluding hydrogens is 248 g/mol. The molecule has 0 aliphatic rings. The second-order valence-corrected chi connectivity index (χ2v) is 5.26. The fourth-order valence-corrected chi connectivity index (χ4v) is 2.22. The summed E-state index contributed by atoms with van der Waals surface area (Å²) in [5.74, 6) is -1.23. The van der Waals surface area contributed by atoms with Gasteiger partial charge in [-0.15, -0.1) is 0 Å². The highest BCUT2D eigenvalue weighted by Gasteiger charge is 2.50. The van der Waals surface area contributed by atoms with Crippen LogP contribution in [0.2, 0.25) is 0 Å². The summed E-state index contributed by atoms with van der Waals surface area (Å²) < 4.78 is 10.0. The second kappa shape index (κ2) is 7.48. The van der Waals surface area contributed by atoms with E-state index in [1.54, 1.807) is 27.7 Å². The molecule has 1 N–H and O–H groups in total. The molecule has 0 atom stereocenters. The summed E-state index contributed by atoms with van der Waals surface area (Å²) in [6, 6.07) is 0. The minimum Gasteiger partial charge on any atom is -0.465 e. The SMILES string of the molecule is CCCC(CC(C)(C)O)(C(=O)OCC)C(=O)OCC. The van der Waals surface area contributed by atoms with Gasteiger partial charge in [-0.05, 0) is 34.1 Å². The first-order valence-electron chi connectivity index (χ1n) is 6.80. The first-order chi connectivity index (χ1) is 8.73. The fraction of sp³-hybridized carbons (Fsp3) is 0.857. The van der Waals surface area contributed by atoms with Gasteiger partial charge in [0.25, 0.3) is 0 Å². The molecule has 0 aliphatic carbocycles. The zero-order chi connectivity index (χ0) is 15.1. The highest BCUT2D eigenvalue weighted by atomic mass is 16.6. The van der Waals surface area contributed by atoms with Gasteiger partial charge < -0.3 is 14.6 Å². The van der Waals surface area contributed by atoms with E-state index in [2.05, 4.69) is 0 Å². The lowest BCUT2D eigenvalue weighted by atomic mass is 9.75. The summed E-state index contributed by atoms with van der Waals surface area (Å²) in [4.78, 5) is 24.4. The molecule has 0 aromatic carbocycles. The van der Waals surface area contributed by atoms with E-state index < -0.39 is 23.0 Å². The van der Waals surface area contributed by atoms with Gasteiger partial charge in [0, 0.05) is 6.42 Å². The lowest BCUT2D eigenvalue weighted by Gasteiger charge is -2.33. The molecule has 0 aromatic heterocycles. The number of hydrogen-bond donors (Lipinski definition) is 1. The quantitative estimate of drug-likeness (QED) is 0.542. The molecule has 0 unspecified atom stereocenters. The van der Waals surface area contributed by atoms with Gasteiger partial charge in [0.1, 0.15) is 0 Å². The van der Waals surface area contributed by atoms with Gasteiger partial charge in [-0.2, -0.15) is 0 Å². The molecule has 0 spiro atoms. The van der Waals surface area contributed by atoms with Crippen LogP contribution in [0.15, 0.2) is 0 Å². The third-order valence-corrected chi connectivity index (χ3v) is 2.74. The Balaban J connectivity index is 5.45. The van der Waals surface area contributed by atoms with Crippen LogP contribution in [-0.2, 0) is 19.1 Å². The van der Waals surface area contributed by atoms with Gasteiger partial charge in [0.2, 0.25) is 0 Å². The highest BCUT2D eigenvalue weighted by Crippen LogP contribution is 2.36. The summed E-state index contributed by atoms with van der Waals surface area (Å²) in [6.07, 6.45) is 0.911. The molecule has 0 radical (unpaired) electrons. The fourth-order valence-electron chi connectivity index (χ4n) is 2.22. The van der Waals surface area contributed by atoms with E-state index in [1.165, 1.54) is 0 Å². The Morgan fingerprint density at radius 3 is 1.68 bits per heavy atom. The molecule has 0 bridgehead atoms. The van der Waals surface area contributed by atoms with Crippen molar-refractivity contribution in [1.29, 1.82) is 0 Å². The van der Waals surface area contributed by atoms with E-state index in [0.29, 0.717) is 12.8 Å². The van der Waals surface area contributed by atoms with E-state index in [4.69, 9.17) is 9.47 Å². The van der Waals surface area contributed by atoms with E-state index in [0.717, 1.165) is 0 Å². The minimum absolute atomic E-state index is 0.00843. The molecular formula is C14H26O5. The molecule has 5 nitrogen and oxygen atoms in total. The van der Waals surface area contributed by atoms with Crippen LogP contribution >= 0.6 is 0 Å². The van der Waals surface area contributed by atoms with Crippen molar-refractivity contribution in [3.63, 3.8) is 0 Å². The maximum Gasteiger partial charge on any atom is 0.323 e. The number of hydrogen-bond acceptors (Lipinski definition) is 5. The number of carbonyl (C=O) groups is 2. The molecule has 112 valence electrons. The van der Waals surface area contributed by atoms with Gasteiger partial charge in [0.05, 0.1) is 18.8 Å². The number of esters is 2. The average Bonchev–Trinajstić information content (AvgIpc) is 2.27. The van der Waals surface area contributed by atoms with Gasteiger partial charge in [0.15, 0.2) is 5.41 Å². The summed E-state index contributed by atoms with van der Waals surface area (Å²) in [6.45, 7) is 8.75. The van der Waals surface area contributed by atoms with Crippen LogP contribution in [0.1, 0.15) is 53.9 Å². The van der Waals surface area contributed by atoms with Gasteiger partial charge in [-0.1, -0.05) is 13.3 Å². The lowest BCUT2D eigenvalue weighted by Crippen LogP contribution is -2.46. The molecule has 0 heterocycles. The molecule has 19 heavy (non-hydrogen) atoms. The Morgan fingerprint density at radius 1 is 1.00 bits per heavy atom. The molecule has 5 heteroatoms. The topological polar surface area (TPSA) is 72.8 Å². The Bertz CT molecular complexity index is 285. The van der Waals surface area contributed by atoms with Crippen LogP contribution in [0.5, 0.6) is 0 Å². The second-order valence-electron chi connectivity index (χ2n) is 5.26. The summed E-state index contributed by atoms with van der Waals surface area (Å²) in [7, 11) is 0. The zero-order valence-corrected chi connectivity index (χ0v) is 12.6. The van der Waals surface area contributed by atoms with Crippen molar-refractivity contribution in [1.82, 2.24) is 0 Å². The van der Waals surface area contributed by atoms with Crippen LogP contribution in [-0.4, -0.2) is 35.9 Å². The monoisotopic (exact) mass is 274 g/mol. The molecule has 0 fully saturated rings. The van der Waals surface area contributed by atoms with Crippen molar-refractivity contribution >= 4 is 11.9 Å². The van der Waals surface area contributed by atoms with Gasteiger partial charge >= 0.3 is 11.9 Å². The number of aliphatic hydroxyl groups is 1. The minimum atomic E-state index is -1.42. The van der Waals surface area contributed by atoms with Crippen molar-refractivity contribution < 1.29 is 24.2 Å². The molecule has 0 aromatic rings. The van der Waals surface area contributed by atoms with Crippen molar-refractivity contribution in [3.05, 3.63) is 0 Å². The van der Waals surface area contributed by atoms with Gasteiger partial charge in [-0.3, -0.25) is 9.59 Å². The normalized spacial score (nSPS) is 12.1. The Hall–Kier alpha value is -1.10. The first-order valence-corrected chi connectivity index (χ1v) is 6.80. The van der Waals surface area contributed by atoms with Crippen molar-refractivity contribution in [3.8, 4) is 0 Å². The van der Waals surface area contributed by atoms with E-state index >= 15 is 0 Å². The largest absolute Gasteiger partial charge is 0.465 e. The first kappa shape index (κ1) is 17.9. The zero-order valence-electron chi connectivity index (χ0n) is 12.6. The predicted octanol–water partition coefficient (Wildman–Crippen LogP) is 2.06. The third-order valence-electron chi connectivity index (χ3n) is 2.74. The molecule has 0 aliphatic heterocycles. The average molecular weight is 274 g/mol. The Morgan fingerprint density at radius 2 is 1.42 bits per heavy atom. The standard InChI is InChI=1S/C14H26O5/c1-6-9-14(10-13(4,5)17,11(15)18-7-2)12(16)19-8-3/h17H,6-10H2,1-5H3. The van der Waals surface area contributed by atoms with Crippen LogP contribution in [0.4, 0.5) is 0 Å². The smallest absolute Gasteiger partial charge is 0.323 e. The van der Waals surface area contributed by atoms with E-state index in [9.17, 15) is 14.7 Å². The van der Waals surface area contributed by atoms with Gasteiger partial charge in [-0.25, -0.2) is 0 Å². The molecule has 0 saturated heterocycles. The van der Waals surface area contributed by atoms with E-state index in [1.807, 2.05) is 6.92 Å². The molecule has 0 rings (SSSR count). The maximum absolute atomic E-state index is 12.2. The summed E-state index contributed by atoms with van der Waals surface area (Å²) >= 11 is 0. The number of rotatable bonds is 8. The maximum atomic E-state index is 12.2. The summed E-state index contributed by atoms with van der Waals surface area (Å²) in [5.41, 5.74) is -2.58. The van der Waals surface area contributed by atoms with E-state index in [-0.39, 0.29) is 19.6 Å².